The Hall–Kier alpha value is -1.49. The van der Waals surface area contributed by atoms with Crippen molar-refractivity contribution < 1.29 is 4.79 Å². The molecule has 0 aromatic carbocycles. The van der Waals surface area contributed by atoms with Crippen LogP contribution in [0, 0.1) is 17.3 Å². The Morgan fingerprint density at radius 2 is 1.59 bits per heavy atom. The maximum absolute atomic E-state index is 12.1. The summed E-state index contributed by atoms with van der Waals surface area (Å²) in [4.78, 5) is 26.2. The Labute approximate surface area is 163 Å². The second-order valence-corrected chi connectivity index (χ2v) is 9.70. The van der Waals surface area contributed by atoms with Gasteiger partial charge in [-0.25, -0.2) is 9.97 Å². The normalized spacial score (nSPS) is 31.3. The highest BCUT2D eigenvalue weighted by Gasteiger charge is 2.55. The van der Waals surface area contributed by atoms with Gasteiger partial charge in [0.1, 0.15) is 11.6 Å². The topological polar surface area (TPSA) is 49.3 Å². The van der Waals surface area contributed by atoms with Crippen molar-refractivity contribution in [3.8, 4) is 0 Å². The summed E-state index contributed by atoms with van der Waals surface area (Å²) in [6.45, 7) is 12.7. The average Bonchev–Trinajstić information content (AvgIpc) is 2.59. The van der Waals surface area contributed by atoms with E-state index in [9.17, 15) is 4.79 Å². The van der Waals surface area contributed by atoms with E-state index in [0.717, 1.165) is 56.6 Å². The van der Waals surface area contributed by atoms with Crippen LogP contribution in [0.1, 0.15) is 65.1 Å². The molecule has 0 amide bonds. The standard InChI is InChI=1S/C22H34N4O/c1-15(2)20(27)17-9-22(10-17)11-18(12-22)25-5-7-26(8-6-25)19-13-23-21(16(3)4)24-14-19/h13-18H,5-12H2,1-4H3/t17-,18-,22?. The molecule has 0 bridgehead atoms. The molecular weight excluding hydrogens is 336 g/mol. The van der Waals surface area contributed by atoms with E-state index in [1.165, 1.54) is 12.8 Å². The molecular formula is C22H34N4O. The lowest BCUT2D eigenvalue weighted by atomic mass is 9.48. The largest absolute Gasteiger partial charge is 0.366 e. The molecule has 1 aromatic rings. The minimum absolute atomic E-state index is 0.204. The van der Waals surface area contributed by atoms with E-state index in [2.05, 4.69) is 33.6 Å². The second-order valence-electron chi connectivity index (χ2n) is 9.70. The van der Waals surface area contributed by atoms with Gasteiger partial charge in [-0.1, -0.05) is 27.7 Å². The predicted molar refractivity (Wildman–Crippen MR) is 108 cm³/mol. The molecule has 2 saturated carbocycles. The number of piperazine rings is 1. The van der Waals surface area contributed by atoms with Crippen LogP contribution in [0.15, 0.2) is 12.4 Å². The average molecular weight is 371 g/mol. The van der Waals surface area contributed by atoms with Crippen molar-refractivity contribution in [1.29, 1.82) is 0 Å². The Kier molecular flexibility index (Phi) is 5.00. The maximum Gasteiger partial charge on any atom is 0.138 e. The van der Waals surface area contributed by atoms with Crippen LogP contribution in [0.25, 0.3) is 0 Å². The van der Waals surface area contributed by atoms with E-state index in [1.54, 1.807) is 0 Å². The van der Waals surface area contributed by atoms with Crippen molar-refractivity contribution in [2.45, 2.75) is 65.3 Å². The third-order valence-corrected chi connectivity index (χ3v) is 7.04. The first-order valence-electron chi connectivity index (χ1n) is 10.7. The van der Waals surface area contributed by atoms with Crippen molar-refractivity contribution in [2.24, 2.45) is 17.3 Å². The van der Waals surface area contributed by atoms with Gasteiger partial charge in [-0.15, -0.1) is 0 Å². The lowest BCUT2D eigenvalue weighted by molar-refractivity contribution is -0.144. The van der Waals surface area contributed by atoms with E-state index in [-0.39, 0.29) is 5.92 Å². The quantitative estimate of drug-likeness (QED) is 0.794. The summed E-state index contributed by atoms with van der Waals surface area (Å²) in [5, 5.41) is 0. The van der Waals surface area contributed by atoms with Gasteiger partial charge in [0.25, 0.3) is 0 Å². The van der Waals surface area contributed by atoms with Crippen LogP contribution < -0.4 is 4.90 Å². The van der Waals surface area contributed by atoms with Gasteiger partial charge < -0.3 is 4.90 Å². The summed E-state index contributed by atoms with van der Waals surface area (Å²) in [5.74, 6) is 2.35. The first-order chi connectivity index (χ1) is 12.9. The fourth-order valence-corrected chi connectivity index (χ4v) is 5.33. The molecule has 148 valence electrons. The minimum atomic E-state index is 0.204. The molecule has 2 heterocycles. The first kappa shape index (κ1) is 18.9. The van der Waals surface area contributed by atoms with Gasteiger partial charge in [-0.05, 0) is 31.1 Å². The summed E-state index contributed by atoms with van der Waals surface area (Å²) >= 11 is 0. The molecule has 5 nitrogen and oxygen atoms in total. The van der Waals surface area contributed by atoms with Crippen LogP contribution in [0.5, 0.6) is 0 Å². The molecule has 1 aromatic heterocycles. The number of ketones is 1. The predicted octanol–water partition coefficient (Wildman–Crippen LogP) is 3.51. The number of hydrogen-bond acceptors (Lipinski definition) is 5. The van der Waals surface area contributed by atoms with Crippen molar-refractivity contribution in [2.75, 3.05) is 31.1 Å². The number of carbonyl (C=O) groups is 1. The highest BCUT2D eigenvalue weighted by atomic mass is 16.1. The number of rotatable bonds is 5. The van der Waals surface area contributed by atoms with Gasteiger partial charge in [-0.3, -0.25) is 9.69 Å². The van der Waals surface area contributed by atoms with E-state index < -0.39 is 0 Å². The molecule has 1 spiro atoms. The lowest BCUT2D eigenvalue weighted by Crippen LogP contribution is -2.61. The van der Waals surface area contributed by atoms with Crippen LogP contribution in [-0.4, -0.2) is 52.9 Å². The molecule has 27 heavy (non-hydrogen) atoms. The molecule has 5 heteroatoms. The lowest BCUT2D eigenvalue weighted by Gasteiger charge is -2.60. The number of nitrogens with zero attached hydrogens (tertiary/aromatic N) is 4. The first-order valence-corrected chi connectivity index (χ1v) is 10.7. The van der Waals surface area contributed by atoms with E-state index in [4.69, 9.17) is 0 Å². The molecule has 0 atom stereocenters. The summed E-state index contributed by atoms with van der Waals surface area (Å²) in [6.07, 6.45) is 8.88. The van der Waals surface area contributed by atoms with Gasteiger partial charge in [-0.2, -0.15) is 0 Å². The minimum Gasteiger partial charge on any atom is -0.366 e. The Morgan fingerprint density at radius 1 is 1.00 bits per heavy atom. The Bertz CT molecular complexity index is 662. The molecule has 2 aliphatic carbocycles. The highest BCUT2D eigenvalue weighted by molar-refractivity contribution is 5.83. The van der Waals surface area contributed by atoms with E-state index in [0.29, 0.717) is 23.0 Å². The van der Waals surface area contributed by atoms with Gasteiger partial charge in [0.15, 0.2) is 0 Å². The summed E-state index contributed by atoms with van der Waals surface area (Å²) in [5.41, 5.74) is 1.66. The molecule has 0 radical (unpaired) electrons. The Balaban J connectivity index is 1.23. The zero-order chi connectivity index (χ0) is 19.2. The van der Waals surface area contributed by atoms with Crippen molar-refractivity contribution >= 4 is 11.5 Å². The van der Waals surface area contributed by atoms with Gasteiger partial charge in [0, 0.05) is 50.0 Å². The number of anilines is 1. The third-order valence-electron chi connectivity index (χ3n) is 7.04. The van der Waals surface area contributed by atoms with Crippen LogP contribution in [-0.2, 0) is 4.79 Å². The van der Waals surface area contributed by atoms with Crippen molar-refractivity contribution in [3.05, 3.63) is 18.2 Å². The molecule has 1 aliphatic heterocycles. The van der Waals surface area contributed by atoms with Gasteiger partial charge in [0.05, 0.1) is 18.1 Å². The summed E-state index contributed by atoms with van der Waals surface area (Å²) in [7, 11) is 0. The SMILES string of the molecule is CC(C)c1ncc(N2CCN([C@H]3CC4(C[C@H](C(=O)C(C)C)C4)C3)CC2)cn1. The number of Topliss-reactive ketones (excluding diaryl/α,β-unsaturated/α-hetero) is 1. The van der Waals surface area contributed by atoms with Crippen LogP contribution >= 0.6 is 0 Å². The monoisotopic (exact) mass is 370 g/mol. The summed E-state index contributed by atoms with van der Waals surface area (Å²) < 4.78 is 0. The molecule has 3 aliphatic rings. The molecule has 3 fully saturated rings. The van der Waals surface area contributed by atoms with E-state index >= 15 is 0 Å². The summed E-state index contributed by atoms with van der Waals surface area (Å²) in [6, 6.07) is 0.738. The molecule has 4 rings (SSSR count). The van der Waals surface area contributed by atoms with Crippen molar-refractivity contribution in [1.82, 2.24) is 14.9 Å². The van der Waals surface area contributed by atoms with Crippen LogP contribution in [0.4, 0.5) is 5.69 Å². The molecule has 1 saturated heterocycles. The Morgan fingerprint density at radius 3 is 2.11 bits per heavy atom. The van der Waals surface area contributed by atoms with Crippen LogP contribution in [0.3, 0.4) is 0 Å². The van der Waals surface area contributed by atoms with Gasteiger partial charge in [0.2, 0.25) is 0 Å². The molecule has 0 N–H and O–H groups in total. The van der Waals surface area contributed by atoms with Gasteiger partial charge >= 0.3 is 0 Å². The zero-order valence-corrected chi connectivity index (χ0v) is 17.3. The second kappa shape index (κ2) is 7.16. The third kappa shape index (κ3) is 3.63. The fourth-order valence-electron chi connectivity index (χ4n) is 5.33. The zero-order valence-electron chi connectivity index (χ0n) is 17.3. The number of hydrogen-bond donors (Lipinski definition) is 0. The fraction of sp³-hybridized carbons (Fsp3) is 0.773. The number of aromatic nitrogens is 2. The highest BCUT2D eigenvalue weighted by Crippen LogP contribution is 2.60. The molecule has 0 unspecified atom stereocenters. The van der Waals surface area contributed by atoms with E-state index in [1.807, 2.05) is 26.2 Å². The maximum atomic E-state index is 12.1. The van der Waals surface area contributed by atoms with Crippen LogP contribution in [0.2, 0.25) is 0 Å². The number of carbonyl (C=O) groups excluding carboxylic acids is 1. The van der Waals surface area contributed by atoms with Crippen molar-refractivity contribution in [3.63, 3.8) is 0 Å². The smallest absolute Gasteiger partial charge is 0.138 e.